The van der Waals surface area contributed by atoms with E-state index in [2.05, 4.69) is 6.58 Å². The monoisotopic (exact) mass is 276 g/mol. The first-order valence-electron chi connectivity index (χ1n) is 6.49. The molecule has 0 radical (unpaired) electrons. The van der Waals surface area contributed by atoms with Crippen molar-refractivity contribution in [3.63, 3.8) is 0 Å². The summed E-state index contributed by atoms with van der Waals surface area (Å²) in [5.41, 5.74) is 0.929. The molecule has 0 amide bonds. The minimum atomic E-state index is -1.07. The van der Waals surface area contributed by atoms with Crippen LogP contribution >= 0.6 is 0 Å². The van der Waals surface area contributed by atoms with Crippen LogP contribution in [0.1, 0.15) is 12.5 Å². The van der Waals surface area contributed by atoms with Crippen LogP contribution in [0.4, 0.5) is 0 Å². The van der Waals surface area contributed by atoms with E-state index in [1.807, 2.05) is 30.3 Å². The lowest BCUT2D eigenvalue weighted by atomic mass is 10.1. The van der Waals surface area contributed by atoms with Crippen molar-refractivity contribution in [2.24, 2.45) is 0 Å². The van der Waals surface area contributed by atoms with Gasteiger partial charge in [-0.15, -0.1) is 6.58 Å². The fraction of sp³-hybridized carbons (Fsp3) is 0.312. The van der Waals surface area contributed by atoms with Crippen molar-refractivity contribution >= 4 is 12.0 Å². The highest BCUT2D eigenvalue weighted by atomic mass is 16.6. The Hall–Kier alpha value is -1.91. The summed E-state index contributed by atoms with van der Waals surface area (Å²) in [6.07, 6.45) is 2.63. The second-order valence-electron chi connectivity index (χ2n) is 4.06. The minimum absolute atomic E-state index is 0.166. The van der Waals surface area contributed by atoms with Crippen molar-refractivity contribution in [3.05, 3.63) is 54.6 Å². The predicted octanol–water partition coefficient (Wildman–Crippen LogP) is 2.20. The molecule has 0 saturated heterocycles. The molecule has 0 heterocycles. The second kappa shape index (κ2) is 9.07. The predicted molar refractivity (Wildman–Crippen MR) is 78.1 cm³/mol. The van der Waals surface area contributed by atoms with Gasteiger partial charge in [0.25, 0.3) is 0 Å². The lowest BCUT2D eigenvalue weighted by Gasteiger charge is -2.18. The smallest absolute Gasteiger partial charge is 0.338 e. The molecule has 1 N–H and O–H groups in total. The van der Waals surface area contributed by atoms with Crippen LogP contribution in [0.2, 0.25) is 0 Å². The zero-order chi connectivity index (χ0) is 14.8. The topological polar surface area (TPSA) is 55.8 Å². The van der Waals surface area contributed by atoms with Crippen molar-refractivity contribution in [1.82, 2.24) is 0 Å². The molecule has 4 nitrogen and oxygen atoms in total. The molecule has 2 atom stereocenters. The van der Waals surface area contributed by atoms with E-state index in [0.29, 0.717) is 0 Å². The molecule has 0 aromatic heterocycles. The largest absolute Gasteiger partial charge is 0.464 e. The van der Waals surface area contributed by atoms with Gasteiger partial charge in [-0.05, 0) is 12.5 Å². The van der Waals surface area contributed by atoms with Crippen molar-refractivity contribution in [3.8, 4) is 0 Å². The maximum atomic E-state index is 11.7. The van der Waals surface area contributed by atoms with E-state index in [4.69, 9.17) is 9.47 Å². The lowest BCUT2D eigenvalue weighted by Crippen LogP contribution is -2.37. The Morgan fingerprint density at radius 3 is 2.70 bits per heavy atom. The van der Waals surface area contributed by atoms with E-state index in [9.17, 15) is 9.90 Å². The number of benzene rings is 1. The zero-order valence-corrected chi connectivity index (χ0v) is 11.6. The Bertz CT molecular complexity index is 439. The molecule has 0 bridgehead atoms. The van der Waals surface area contributed by atoms with Gasteiger partial charge < -0.3 is 14.6 Å². The molecular weight excluding hydrogens is 256 g/mol. The highest BCUT2D eigenvalue weighted by Crippen LogP contribution is 2.08. The molecule has 0 spiro atoms. The number of esters is 1. The van der Waals surface area contributed by atoms with Gasteiger partial charge in [-0.2, -0.15) is 0 Å². The van der Waals surface area contributed by atoms with Crippen molar-refractivity contribution in [2.45, 2.75) is 19.1 Å². The number of ether oxygens (including phenoxy) is 2. The Kier molecular flexibility index (Phi) is 7.32. The Balaban J connectivity index is 2.71. The van der Waals surface area contributed by atoms with Gasteiger partial charge in [0.15, 0.2) is 6.10 Å². The molecule has 1 aromatic rings. The zero-order valence-electron chi connectivity index (χ0n) is 11.6. The SMILES string of the molecule is C=CCO[C@@H](C(=O)OCC)[C@H](O)C=Cc1ccccc1. The summed E-state index contributed by atoms with van der Waals surface area (Å²) in [4.78, 5) is 11.7. The van der Waals surface area contributed by atoms with Gasteiger partial charge >= 0.3 is 5.97 Å². The number of rotatable bonds is 8. The number of hydrogen-bond donors (Lipinski definition) is 1. The summed E-state index contributed by atoms with van der Waals surface area (Å²) in [5.74, 6) is -0.584. The van der Waals surface area contributed by atoms with Crippen LogP contribution in [0.5, 0.6) is 0 Å². The lowest BCUT2D eigenvalue weighted by molar-refractivity contribution is -0.161. The van der Waals surface area contributed by atoms with E-state index < -0.39 is 18.2 Å². The molecular formula is C16H20O4. The number of hydrogen-bond acceptors (Lipinski definition) is 4. The third kappa shape index (κ3) is 5.38. The number of carbonyl (C=O) groups excluding carboxylic acids is 1. The number of carbonyl (C=O) groups is 1. The van der Waals surface area contributed by atoms with Crippen LogP contribution in [0.25, 0.3) is 6.08 Å². The summed E-state index contributed by atoms with van der Waals surface area (Å²) in [6.45, 7) is 5.62. The average molecular weight is 276 g/mol. The molecule has 20 heavy (non-hydrogen) atoms. The first-order valence-corrected chi connectivity index (χ1v) is 6.49. The third-order valence-electron chi connectivity index (χ3n) is 2.51. The maximum Gasteiger partial charge on any atom is 0.338 e. The summed E-state index contributed by atoms with van der Waals surface area (Å²) in [5, 5.41) is 10.0. The highest BCUT2D eigenvalue weighted by molar-refractivity contribution is 5.76. The molecule has 0 aliphatic rings. The summed E-state index contributed by atoms with van der Waals surface area (Å²) < 4.78 is 10.1. The molecule has 0 unspecified atom stereocenters. The van der Waals surface area contributed by atoms with Crippen LogP contribution in [-0.4, -0.2) is 36.5 Å². The van der Waals surface area contributed by atoms with Crippen LogP contribution in [0.15, 0.2) is 49.1 Å². The van der Waals surface area contributed by atoms with Gasteiger partial charge in [0, 0.05) is 0 Å². The second-order valence-corrected chi connectivity index (χ2v) is 4.06. The fourth-order valence-electron chi connectivity index (χ4n) is 1.58. The fourth-order valence-corrected chi connectivity index (χ4v) is 1.58. The average Bonchev–Trinajstić information content (AvgIpc) is 2.47. The van der Waals surface area contributed by atoms with E-state index in [-0.39, 0.29) is 13.2 Å². The van der Waals surface area contributed by atoms with Gasteiger partial charge in [0.1, 0.15) is 6.10 Å². The number of aliphatic hydroxyl groups excluding tert-OH is 1. The Morgan fingerprint density at radius 1 is 1.40 bits per heavy atom. The van der Waals surface area contributed by atoms with Gasteiger partial charge in [-0.25, -0.2) is 4.79 Å². The third-order valence-corrected chi connectivity index (χ3v) is 2.51. The molecule has 0 saturated carbocycles. The van der Waals surface area contributed by atoms with Gasteiger partial charge in [0.05, 0.1) is 13.2 Å². The van der Waals surface area contributed by atoms with Crippen LogP contribution in [0.3, 0.4) is 0 Å². The van der Waals surface area contributed by atoms with Crippen molar-refractivity contribution in [2.75, 3.05) is 13.2 Å². The summed E-state index contributed by atoms with van der Waals surface area (Å²) in [6, 6.07) is 9.48. The van der Waals surface area contributed by atoms with Crippen LogP contribution < -0.4 is 0 Å². The standard InChI is InChI=1S/C16H20O4/c1-3-12-20-15(16(18)19-4-2)14(17)11-10-13-8-6-5-7-9-13/h3,5-11,14-15,17H,1,4,12H2,2H3/t14-,15-/m1/s1. The van der Waals surface area contributed by atoms with E-state index in [0.717, 1.165) is 5.56 Å². The Morgan fingerprint density at radius 2 is 2.10 bits per heavy atom. The molecule has 0 fully saturated rings. The van der Waals surface area contributed by atoms with Crippen molar-refractivity contribution in [1.29, 1.82) is 0 Å². The molecule has 1 rings (SSSR count). The molecule has 1 aromatic carbocycles. The number of aliphatic hydroxyl groups is 1. The van der Waals surface area contributed by atoms with E-state index >= 15 is 0 Å². The molecule has 108 valence electrons. The molecule has 0 aliphatic carbocycles. The normalized spacial score (nSPS) is 13.9. The maximum absolute atomic E-state index is 11.7. The van der Waals surface area contributed by atoms with Crippen molar-refractivity contribution < 1.29 is 19.4 Å². The van der Waals surface area contributed by atoms with E-state index in [1.54, 1.807) is 13.0 Å². The van der Waals surface area contributed by atoms with Gasteiger partial charge in [-0.1, -0.05) is 48.6 Å². The summed E-state index contributed by atoms with van der Waals surface area (Å²) in [7, 11) is 0. The quantitative estimate of drug-likeness (QED) is 0.584. The summed E-state index contributed by atoms with van der Waals surface area (Å²) >= 11 is 0. The first-order chi connectivity index (χ1) is 9.69. The van der Waals surface area contributed by atoms with Crippen LogP contribution in [-0.2, 0) is 14.3 Å². The molecule has 4 heteroatoms. The van der Waals surface area contributed by atoms with Gasteiger partial charge in [0.2, 0.25) is 0 Å². The first kappa shape index (κ1) is 16.1. The highest BCUT2D eigenvalue weighted by Gasteiger charge is 2.26. The van der Waals surface area contributed by atoms with Crippen LogP contribution in [0, 0.1) is 0 Å². The van der Waals surface area contributed by atoms with E-state index in [1.165, 1.54) is 12.2 Å². The molecule has 0 aliphatic heterocycles. The Labute approximate surface area is 119 Å². The van der Waals surface area contributed by atoms with Gasteiger partial charge in [-0.3, -0.25) is 0 Å². The minimum Gasteiger partial charge on any atom is -0.464 e.